The van der Waals surface area contributed by atoms with Gasteiger partial charge in [-0.2, -0.15) is 10.2 Å². The first kappa shape index (κ1) is 49.2. The van der Waals surface area contributed by atoms with Gasteiger partial charge >= 0.3 is 12.2 Å². The van der Waals surface area contributed by atoms with E-state index in [2.05, 4.69) is 38.4 Å². The van der Waals surface area contributed by atoms with Gasteiger partial charge in [-0.15, -0.1) is 22.7 Å². The maximum Gasteiger partial charge on any atom is 0.410 e. The van der Waals surface area contributed by atoms with Crippen molar-refractivity contribution in [1.29, 1.82) is 0 Å². The van der Waals surface area contributed by atoms with Crippen molar-refractivity contribution in [1.82, 2.24) is 29.8 Å². The number of aryl methyl sites for hydroxylation is 4. The van der Waals surface area contributed by atoms with E-state index in [4.69, 9.17) is 42.2 Å². The molecule has 2 N–H and O–H groups in total. The maximum atomic E-state index is 13.1. The van der Waals surface area contributed by atoms with E-state index in [-0.39, 0.29) is 35.9 Å². The first-order valence-electron chi connectivity index (χ1n) is 21.4. The predicted octanol–water partition coefficient (Wildman–Crippen LogP) is 12.5. The molecular weight excluding hydrogens is 912 g/mol. The summed E-state index contributed by atoms with van der Waals surface area (Å²) in [4.78, 5) is 44.2. The summed E-state index contributed by atoms with van der Waals surface area (Å²) in [6.07, 6.45) is 11.9. The average Bonchev–Trinajstić information content (AvgIpc) is 4.09. The molecule has 2 aliphatic rings. The van der Waals surface area contributed by atoms with E-state index in [0.717, 1.165) is 82.1 Å². The van der Waals surface area contributed by atoms with Crippen molar-refractivity contribution in [2.75, 3.05) is 13.1 Å². The number of nitrogens with one attached hydrogen (secondary N) is 1. The van der Waals surface area contributed by atoms with Gasteiger partial charge in [-0.1, -0.05) is 29.8 Å². The number of ether oxygens (including phenoxy) is 2. The molecule has 65 heavy (non-hydrogen) atoms. The molecule has 0 saturated carbocycles. The fourth-order valence-electron chi connectivity index (χ4n) is 7.28. The molecule has 0 aromatic carbocycles. The quantitative estimate of drug-likeness (QED) is 0.126. The Morgan fingerprint density at radius 2 is 1.29 bits per heavy atom. The summed E-state index contributed by atoms with van der Waals surface area (Å²) in [5, 5.41) is 20.9. The smallest absolute Gasteiger partial charge is 0.410 e. The number of H-pyrrole nitrogens is 1. The number of aliphatic hydroxyl groups is 1. The van der Waals surface area contributed by atoms with Crippen LogP contribution in [0.2, 0.25) is 8.67 Å². The van der Waals surface area contributed by atoms with Crippen LogP contribution in [0.1, 0.15) is 128 Å². The predicted molar refractivity (Wildman–Crippen MR) is 253 cm³/mol. The standard InChI is InChI=1S/C23H26ClN3O4S.C18H24ClN3O2S.C6H6O2/c1-23(2,3)31-22(29)26-11-4-5-19(26)18-13-16(6-7-17-8-9-20(24)32-17)27(25-18)21(28)15-10-12-30-14-15;1-18(2,3)24-17(23)22-10-4-5-15(22)14-11-12(20-21-14)6-7-13-8-9-16(19)25-13;1-5(7)6-2-3-8-4-6/h8-10,12-14,19H,4-7,11H2,1-3H3;8-9,11,15H,4-7,10H2,1-3H3,(H,20,21);2-4,7H,1H2. The summed E-state index contributed by atoms with van der Waals surface area (Å²) in [5.74, 6) is -0.218. The highest BCUT2D eigenvalue weighted by Crippen LogP contribution is 2.35. The molecule has 2 saturated heterocycles. The van der Waals surface area contributed by atoms with Gasteiger partial charge in [0.05, 0.1) is 55.8 Å². The fourth-order valence-corrected chi connectivity index (χ4v) is 9.45. The minimum Gasteiger partial charge on any atom is -0.508 e. The summed E-state index contributed by atoms with van der Waals surface area (Å²) < 4.78 is 23.8. The van der Waals surface area contributed by atoms with Crippen LogP contribution in [0.3, 0.4) is 0 Å². The lowest BCUT2D eigenvalue weighted by Crippen LogP contribution is -2.36. The van der Waals surface area contributed by atoms with Crippen LogP contribution in [0, 0.1) is 0 Å². The van der Waals surface area contributed by atoms with Crippen LogP contribution in [0.5, 0.6) is 0 Å². The summed E-state index contributed by atoms with van der Waals surface area (Å²) in [6, 6.07) is 14.9. The fraction of sp³-hybridized carbons (Fsp3) is 0.426. The molecule has 2 fully saturated rings. The van der Waals surface area contributed by atoms with Crippen LogP contribution < -0.4 is 0 Å². The molecule has 348 valence electrons. The van der Waals surface area contributed by atoms with Crippen molar-refractivity contribution in [2.24, 2.45) is 0 Å². The van der Waals surface area contributed by atoms with Crippen molar-refractivity contribution in [3.05, 3.63) is 132 Å². The molecule has 2 unspecified atom stereocenters. The zero-order valence-corrected chi connectivity index (χ0v) is 40.6. The van der Waals surface area contributed by atoms with Gasteiger partial charge in [-0.05, 0) is 141 Å². The van der Waals surface area contributed by atoms with Gasteiger partial charge in [-0.25, -0.2) is 14.3 Å². The minimum absolute atomic E-state index is 0.00367. The maximum absolute atomic E-state index is 13.1. The lowest BCUT2D eigenvalue weighted by atomic mass is 10.1. The molecule has 14 nitrogen and oxygen atoms in total. The second-order valence-corrected chi connectivity index (χ2v) is 21.2. The Labute approximate surface area is 397 Å². The van der Waals surface area contributed by atoms with E-state index in [1.807, 2.05) is 65.8 Å². The lowest BCUT2D eigenvalue weighted by Gasteiger charge is -2.27. The third kappa shape index (κ3) is 14.1. The number of hydrogen-bond donors (Lipinski definition) is 2. The molecule has 0 aliphatic carbocycles. The number of amides is 2. The first-order valence-corrected chi connectivity index (χ1v) is 23.8. The molecule has 0 radical (unpaired) electrons. The van der Waals surface area contributed by atoms with E-state index in [1.165, 1.54) is 45.9 Å². The van der Waals surface area contributed by atoms with Crippen molar-refractivity contribution in [3.63, 3.8) is 0 Å². The number of rotatable bonds is 10. The van der Waals surface area contributed by atoms with Crippen molar-refractivity contribution < 1.29 is 37.8 Å². The molecule has 2 atom stereocenters. The van der Waals surface area contributed by atoms with Gasteiger partial charge in [0, 0.05) is 34.2 Å². The molecule has 0 bridgehead atoms. The van der Waals surface area contributed by atoms with Crippen LogP contribution in [0.25, 0.3) is 5.76 Å². The molecule has 0 spiro atoms. The number of carbonyl (C=O) groups is 3. The topological polar surface area (TPSA) is 169 Å². The molecule has 8 rings (SSSR count). The van der Waals surface area contributed by atoms with E-state index in [1.54, 1.807) is 33.3 Å². The Morgan fingerprint density at radius 3 is 1.75 bits per heavy atom. The molecule has 2 amide bonds. The van der Waals surface area contributed by atoms with Crippen LogP contribution in [0.15, 0.2) is 89.0 Å². The normalized spacial score (nSPS) is 16.1. The number of carbonyl (C=O) groups excluding carboxylic acids is 3. The van der Waals surface area contributed by atoms with Gasteiger partial charge < -0.3 is 23.4 Å². The highest BCUT2D eigenvalue weighted by molar-refractivity contribution is 7.16. The van der Waals surface area contributed by atoms with Gasteiger partial charge in [0.25, 0.3) is 5.91 Å². The first-order chi connectivity index (χ1) is 30.8. The van der Waals surface area contributed by atoms with Gasteiger partial charge in [0.15, 0.2) is 0 Å². The second-order valence-electron chi connectivity index (χ2n) is 17.6. The Hall–Kier alpha value is -5.29. The van der Waals surface area contributed by atoms with E-state index >= 15 is 0 Å². The third-order valence-corrected chi connectivity index (χ3v) is 12.8. The Bertz CT molecular complexity index is 2490. The number of furan rings is 2. The average molecular weight is 968 g/mol. The third-order valence-electron chi connectivity index (χ3n) is 10.2. The van der Waals surface area contributed by atoms with Gasteiger partial charge in [-0.3, -0.25) is 19.7 Å². The zero-order valence-electron chi connectivity index (χ0n) is 37.5. The number of likely N-dealkylation sites (tertiary alicyclic amines) is 2. The summed E-state index contributed by atoms with van der Waals surface area (Å²) >= 11 is 15.2. The lowest BCUT2D eigenvalue weighted by molar-refractivity contribution is 0.0210. The largest absolute Gasteiger partial charge is 0.508 e. The number of aromatic amines is 1. The highest BCUT2D eigenvalue weighted by Gasteiger charge is 2.36. The number of thiophene rings is 2. The van der Waals surface area contributed by atoms with Gasteiger partial charge in [0.2, 0.25) is 0 Å². The number of aliphatic hydroxyl groups excluding tert-OH is 1. The second kappa shape index (κ2) is 21.8. The summed E-state index contributed by atoms with van der Waals surface area (Å²) in [6.45, 7) is 15.8. The Kier molecular flexibility index (Phi) is 16.5. The number of hydrogen-bond acceptors (Lipinski definition) is 12. The van der Waals surface area contributed by atoms with Crippen LogP contribution in [-0.2, 0) is 35.2 Å². The molecule has 8 heterocycles. The van der Waals surface area contributed by atoms with Crippen LogP contribution in [-0.4, -0.2) is 77.3 Å². The van der Waals surface area contributed by atoms with Crippen LogP contribution >= 0.6 is 45.9 Å². The SMILES string of the molecule is C=C(O)c1ccoc1.CC(C)(C)OC(=O)N1CCCC1c1cc(CCc2ccc(Cl)s2)[nH]n1.CC(C)(C)OC(=O)N1CCCC1c1cc(CCc2ccc(Cl)s2)n(C(=O)c2ccoc2)n1. The van der Waals surface area contributed by atoms with Crippen LogP contribution in [0.4, 0.5) is 9.59 Å². The summed E-state index contributed by atoms with van der Waals surface area (Å²) in [5.41, 5.74) is 3.48. The van der Waals surface area contributed by atoms with Crippen molar-refractivity contribution in [3.8, 4) is 0 Å². The Morgan fingerprint density at radius 1 is 0.769 bits per heavy atom. The van der Waals surface area contributed by atoms with E-state index in [0.29, 0.717) is 29.8 Å². The summed E-state index contributed by atoms with van der Waals surface area (Å²) in [7, 11) is 0. The molecule has 2 aliphatic heterocycles. The monoisotopic (exact) mass is 966 g/mol. The van der Waals surface area contributed by atoms with Gasteiger partial charge in [0.1, 0.15) is 29.5 Å². The molecular formula is C47H56Cl2N6O8S2. The van der Waals surface area contributed by atoms with E-state index < -0.39 is 11.2 Å². The molecule has 6 aromatic rings. The molecule has 18 heteroatoms. The van der Waals surface area contributed by atoms with Crippen molar-refractivity contribution >= 4 is 69.7 Å². The number of aromatic nitrogens is 4. The number of halogens is 2. The van der Waals surface area contributed by atoms with Crippen molar-refractivity contribution in [2.45, 2.75) is 116 Å². The Balaban J connectivity index is 0.000000188. The van der Waals surface area contributed by atoms with E-state index in [9.17, 15) is 14.4 Å². The zero-order chi connectivity index (χ0) is 46.9. The number of nitrogens with zero attached hydrogens (tertiary/aromatic N) is 5. The highest BCUT2D eigenvalue weighted by atomic mass is 35.5. The minimum atomic E-state index is -0.575. The molecule has 6 aromatic heterocycles.